The number of hydrogen-bond donors (Lipinski definition) is 2. The fourth-order valence-electron chi connectivity index (χ4n) is 2.89. The Labute approximate surface area is 167 Å². The zero-order valence-electron chi connectivity index (χ0n) is 17.2. The molecule has 0 aliphatic carbocycles. The minimum Gasteiger partial charge on any atom is -0.496 e. The van der Waals surface area contributed by atoms with Gasteiger partial charge in [0, 0.05) is 44.4 Å². The molecule has 0 radical (unpaired) electrons. The molecule has 1 amide bonds. The van der Waals surface area contributed by atoms with Gasteiger partial charge in [-0.3, -0.25) is 9.79 Å². The molecule has 150 valence electrons. The van der Waals surface area contributed by atoms with Crippen LogP contribution in [0.3, 0.4) is 0 Å². The standard InChI is InChI=1S/C22H30N4O2/c1-5-26(6-2)21(27)18-13-11-17(12-14-18)15-24-22(23-3)25-16-19-9-7-8-10-20(19)28-4/h7-14H,5-6,15-16H2,1-4H3,(H2,23,24,25). The van der Waals surface area contributed by atoms with E-state index < -0.39 is 0 Å². The average molecular weight is 383 g/mol. The van der Waals surface area contributed by atoms with Gasteiger partial charge in [0.1, 0.15) is 5.75 Å². The number of aliphatic imine (C=N–C) groups is 1. The van der Waals surface area contributed by atoms with E-state index >= 15 is 0 Å². The van der Waals surface area contributed by atoms with Crippen LogP contribution in [0.1, 0.15) is 35.3 Å². The molecule has 0 aliphatic rings. The molecule has 2 aromatic rings. The molecule has 2 N–H and O–H groups in total. The lowest BCUT2D eigenvalue weighted by atomic mass is 10.1. The van der Waals surface area contributed by atoms with Gasteiger partial charge in [-0.05, 0) is 37.6 Å². The summed E-state index contributed by atoms with van der Waals surface area (Å²) in [5, 5.41) is 6.58. The lowest BCUT2D eigenvalue weighted by molar-refractivity contribution is 0.0773. The molecule has 0 heterocycles. The summed E-state index contributed by atoms with van der Waals surface area (Å²) >= 11 is 0. The summed E-state index contributed by atoms with van der Waals surface area (Å²) in [4.78, 5) is 18.4. The highest BCUT2D eigenvalue weighted by Crippen LogP contribution is 2.16. The highest BCUT2D eigenvalue weighted by atomic mass is 16.5. The Balaban J connectivity index is 1.90. The summed E-state index contributed by atoms with van der Waals surface area (Å²) in [5.74, 6) is 1.62. The first-order chi connectivity index (χ1) is 13.6. The van der Waals surface area contributed by atoms with E-state index in [-0.39, 0.29) is 5.91 Å². The van der Waals surface area contributed by atoms with E-state index in [1.165, 1.54) is 0 Å². The van der Waals surface area contributed by atoms with Gasteiger partial charge in [0.2, 0.25) is 0 Å². The van der Waals surface area contributed by atoms with Crippen LogP contribution in [0.2, 0.25) is 0 Å². The quantitative estimate of drug-likeness (QED) is 0.544. The molecule has 2 aromatic carbocycles. The molecule has 6 heteroatoms. The lowest BCUT2D eigenvalue weighted by Gasteiger charge is -2.18. The Bertz CT molecular complexity index is 783. The maximum Gasteiger partial charge on any atom is 0.253 e. The molecule has 6 nitrogen and oxygen atoms in total. The highest BCUT2D eigenvalue weighted by Gasteiger charge is 2.12. The first-order valence-electron chi connectivity index (χ1n) is 9.57. The number of nitrogens with zero attached hydrogens (tertiary/aromatic N) is 2. The molecule has 0 bridgehead atoms. The van der Waals surface area contributed by atoms with Crippen molar-refractivity contribution in [2.45, 2.75) is 26.9 Å². The van der Waals surface area contributed by atoms with E-state index in [0.717, 1.165) is 16.9 Å². The van der Waals surface area contributed by atoms with Crippen LogP contribution in [-0.4, -0.2) is 44.0 Å². The SMILES string of the molecule is CCN(CC)C(=O)c1ccc(CNC(=NC)NCc2ccccc2OC)cc1. The zero-order chi connectivity index (χ0) is 20.4. The van der Waals surface area contributed by atoms with Crippen LogP contribution in [0.5, 0.6) is 5.75 Å². The number of hydrogen-bond acceptors (Lipinski definition) is 3. The minimum atomic E-state index is 0.0683. The summed E-state index contributed by atoms with van der Waals surface area (Å²) in [6.07, 6.45) is 0. The molecule has 2 rings (SSSR count). The number of benzene rings is 2. The third-order valence-corrected chi connectivity index (χ3v) is 4.57. The van der Waals surface area contributed by atoms with Gasteiger partial charge < -0.3 is 20.3 Å². The number of methoxy groups -OCH3 is 1. The molecule has 0 fully saturated rings. The Kier molecular flexibility index (Phi) is 8.34. The van der Waals surface area contributed by atoms with Crippen LogP contribution in [0, 0.1) is 0 Å². The summed E-state index contributed by atoms with van der Waals surface area (Å²) in [6, 6.07) is 15.6. The Hall–Kier alpha value is -3.02. The number of carbonyl (C=O) groups excluding carboxylic acids is 1. The average Bonchev–Trinajstić information content (AvgIpc) is 2.75. The van der Waals surface area contributed by atoms with Gasteiger partial charge in [-0.1, -0.05) is 30.3 Å². The highest BCUT2D eigenvalue weighted by molar-refractivity contribution is 5.94. The lowest BCUT2D eigenvalue weighted by Crippen LogP contribution is -2.36. The molecular weight excluding hydrogens is 352 g/mol. The summed E-state index contributed by atoms with van der Waals surface area (Å²) in [5.41, 5.74) is 2.86. The maximum atomic E-state index is 12.4. The second-order valence-corrected chi connectivity index (χ2v) is 6.27. The molecule has 28 heavy (non-hydrogen) atoms. The van der Waals surface area contributed by atoms with Gasteiger partial charge in [0.25, 0.3) is 5.91 Å². The third kappa shape index (κ3) is 5.74. The third-order valence-electron chi connectivity index (χ3n) is 4.57. The number of ether oxygens (including phenoxy) is 1. The monoisotopic (exact) mass is 382 g/mol. The molecule has 0 spiro atoms. The first-order valence-corrected chi connectivity index (χ1v) is 9.57. The molecular formula is C22H30N4O2. The van der Waals surface area contributed by atoms with Crippen LogP contribution >= 0.6 is 0 Å². The van der Waals surface area contributed by atoms with Crippen molar-refractivity contribution in [3.8, 4) is 5.75 Å². The number of carbonyl (C=O) groups is 1. The van der Waals surface area contributed by atoms with Crippen LogP contribution in [0.4, 0.5) is 0 Å². The Morgan fingerprint density at radius 1 is 1.00 bits per heavy atom. The number of amides is 1. The maximum absolute atomic E-state index is 12.4. The smallest absolute Gasteiger partial charge is 0.253 e. The Morgan fingerprint density at radius 2 is 1.64 bits per heavy atom. The second kappa shape index (κ2) is 11.0. The van der Waals surface area contributed by atoms with Crippen LogP contribution in [0.25, 0.3) is 0 Å². The predicted molar refractivity (Wildman–Crippen MR) is 114 cm³/mol. The fraction of sp³-hybridized carbons (Fsp3) is 0.364. The first kappa shape index (κ1) is 21.3. The zero-order valence-corrected chi connectivity index (χ0v) is 17.2. The minimum absolute atomic E-state index is 0.0683. The number of rotatable bonds is 8. The fourth-order valence-corrected chi connectivity index (χ4v) is 2.89. The van der Waals surface area contributed by atoms with Gasteiger partial charge in [0.15, 0.2) is 5.96 Å². The molecule has 0 saturated heterocycles. The molecule has 0 saturated carbocycles. The van der Waals surface area contributed by atoms with Crippen LogP contribution < -0.4 is 15.4 Å². The van der Waals surface area contributed by atoms with Crippen molar-refractivity contribution in [2.75, 3.05) is 27.2 Å². The predicted octanol–water partition coefficient (Wildman–Crippen LogP) is 3.04. The van der Waals surface area contributed by atoms with Crippen molar-refractivity contribution in [1.29, 1.82) is 0 Å². The van der Waals surface area contributed by atoms with Gasteiger partial charge in [0.05, 0.1) is 7.11 Å². The normalized spacial score (nSPS) is 11.1. The van der Waals surface area contributed by atoms with Crippen molar-refractivity contribution >= 4 is 11.9 Å². The van der Waals surface area contributed by atoms with Crippen molar-refractivity contribution in [2.24, 2.45) is 4.99 Å². The van der Waals surface area contributed by atoms with E-state index in [1.54, 1.807) is 14.2 Å². The van der Waals surface area contributed by atoms with Gasteiger partial charge in [-0.2, -0.15) is 0 Å². The number of para-hydroxylation sites is 1. The molecule has 0 aromatic heterocycles. The van der Waals surface area contributed by atoms with Crippen molar-refractivity contribution < 1.29 is 9.53 Å². The van der Waals surface area contributed by atoms with Crippen LogP contribution in [-0.2, 0) is 13.1 Å². The topological polar surface area (TPSA) is 66.0 Å². The van der Waals surface area contributed by atoms with E-state index in [1.807, 2.05) is 67.3 Å². The molecule has 0 aliphatic heterocycles. The summed E-state index contributed by atoms with van der Waals surface area (Å²) < 4.78 is 5.37. The van der Waals surface area contributed by atoms with Gasteiger partial charge in [-0.25, -0.2) is 0 Å². The van der Waals surface area contributed by atoms with Gasteiger partial charge in [-0.15, -0.1) is 0 Å². The van der Waals surface area contributed by atoms with E-state index in [9.17, 15) is 4.79 Å². The van der Waals surface area contributed by atoms with E-state index in [4.69, 9.17) is 4.74 Å². The second-order valence-electron chi connectivity index (χ2n) is 6.27. The van der Waals surface area contributed by atoms with Crippen molar-refractivity contribution in [3.63, 3.8) is 0 Å². The number of guanidine groups is 1. The van der Waals surface area contributed by atoms with E-state index in [0.29, 0.717) is 37.7 Å². The molecule has 0 unspecified atom stereocenters. The van der Waals surface area contributed by atoms with Crippen molar-refractivity contribution in [1.82, 2.24) is 15.5 Å². The van der Waals surface area contributed by atoms with Gasteiger partial charge >= 0.3 is 0 Å². The summed E-state index contributed by atoms with van der Waals surface area (Å²) in [7, 11) is 3.41. The number of nitrogens with one attached hydrogen (secondary N) is 2. The van der Waals surface area contributed by atoms with Crippen LogP contribution in [0.15, 0.2) is 53.5 Å². The van der Waals surface area contributed by atoms with Crippen molar-refractivity contribution in [3.05, 3.63) is 65.2 Å². The Morgan fingerprint density at radius 3 is 2.25 bits per heavy atom. The summed E-state index contributed by atoms with van der Waals surface area (Å²) in [6.45, 7) is 6.64. The van der Waals surface area contributed by atoms with E-state index in [2.05, 4.69) is 15.6 Å². The molecule has 0 atom stereocenters. The largest absolute Gasteiger partial charge is 0.496 e.